The van der Waals surface area contributed by atoms with Crippen molar-refractivity contribution in [3.63, 3.8) is 0 Å². The number of nitrogens with zero attached hydrogens (tertiary/aromatic N) is 1. The first-order valence-electron chi connectivity index (χ1n) is 9.66. The van der Waals surface area contributed by atoms with Crippen LogP contribution in [-0.4, -0.2) is 55.3 Å². The summed E-state index contributed by atoms with van der Waals surface area (Å²) in [5, 5.41) is 7.34. The van der Waals surface area contributed by atoms with Crippen molar-refractivity contribution in [1.29, 1.82) is 0 Å². The smallest absolute Gasteiger partial charge is 0.225 e. The lowest BCUT2D eigenvalue weighted by Crippen LogP contribution is -2.41. The van der Waals surface area contributed by atoms with Gasteiger partial charge in [-0.2, -0.15) is 0 Å². The lowest BCUT2D eigenvalue weighted by molar-refractivity contribution is -0.125. The minimum absolute atomic E-state index is 0.0311. The van der Waals surface area contributed by atoms with E-state index in [2.05, 4.69) is 15.5 Å². The molecular weight excluding hydrogens is 362 g/mol. The van der Waals surface area contributed by atoms with Crippen molar-refractivity contribution in [2.24, 2.45) is 5.92 Å². The first kappa shape index (κ1) is 18.3. The maximum Gasteiger partial charge on any atom is 0.225 e. The van der Waals surface area contributed by atoms with Crippen molar-refractivity contribution >= 4 is 23.2 Å². The molecule has 2 atom stereocenters. The van der Waals surface area contributed by atoms with Gasteiger partial charge in [0.15, 0.2) is 5.11 Å². The molecule has 2 saturated carbocycles. The summed E-state index contributed by atoms with van der Waals surface area (Å²) in [5.41, 5.74) is 1.03. The second-order valence-corrected chi connectivity index (χ2v) is 8.12. The van der Waals surface area contributed by atoms with E-state index in [0.717, 1.165) is 35.0 Å². The summed E-state index contributed by atoms with van der Waals surface area (Å²) in [6.45, 7) is 1.35. The molecule has 2 aliphatic carbocycles. The molecule has 4 rings (SSSR count). The average Bonchev–Trinajstić information content (AvgIpc) is 3.61. The monoisotopic (exact) mass is 389 g/mol. The molecule has 1 amide bonds. The van der Waals surface area contributed by atoms with Crippen molar-refractivity contribution in [3.05, 3.63) is 23.8 Å². The number of nitrogens with one attached hydrogen (secondary N) is 2. The van der Waals surface area contributed by atoms with Crippen LogP contribution >= 0.6 is 12.2 Å². The Kier molecular flexibility index (Phi) is 5.12. The third-order valence-corrected chi connectivity index (χ3v) is 5.99. The number of methoxy groups -OCH3 is 2. The van der Waals surface area contributed by atoms with Gasteiger partial charge in [0.2, 0.25) is 5.91 Å². The molecule has 1 saturated heterocycles. The van der Waals surface area contributed by atoms with Gasteiger partial charge in [0.05, 0.1) is 20.1 Å². The SMILES string of the molecule is COc1ccc(C2CN(C(=S)NC3CC3)CC2C(=O)NC2CC2)c(OC)c1. The molecule has 146 valence electrons. The van der Waals surface area contributed by atoms with E-state index in [4.69, 9.17) is 21.7 Å². The lowest BCUT2D eigenvalue weighted by Gasteiger charge is -2.21. The average molecular weight is 390 g/mol. The zero-order chi connectivity index (χ0) is 19.0. The van der Waals surface area contributed by atoms with E-state index < -0.39 is 0 Å². The molecule has 27 heavy (non-hydrogen) atoms. The van der Waals surface area contributed by atoms with E-state index in [-0.39, 0.29) is 17.7 Å². The van der Waals surface area contributed by atoms with Crippen LogP contribution < -0.4 is 20.1 Å². The van der Waals surface area contributed by atoms with Gasteiger partial charge < -0.3 is 25.0 Å². The summed E-state index contributed by atoms with van der Waals surface area (Å²) in [6.07, 6.45) is 4.52. The van der Waals surface area contributed by atoms with Gasteiger partial charge in [0.25, 0.3) is 0 Å². The summed E-state index contributed by atoms with van der Waals surface area (Å²) in [5.74, 6) is 1.51. The van der Waals surface area contributed by atoms with Gasteiger partial charge in [0, 0.05) is 42.7 Å². The number of carbonyl (C=O) groups is 1. The summed E-state index contributed by atoms with van der Waals surface area (Å²) >= 11 is 5.61. The van der Waals surface area contributed by atoms with E-state index in [1.807, 2.05) is 18.2 Å². The number of hydrogen-bond donors (Lipinski definition) is 2. The highest BCUT2D eigenvalue weighted by Crippen LogP contribution is 2.40. The molecule has 1 aromatic carbocycles. The second-order valence-electron chi connectivity index (χ2n) is 7.73. The van der Waals surface area contributed by atoms with Gasteiger partial charge in [0.1, 0.15) is 11.5 Å². The quantitative estimate of drug-likeness (QED) is 0.726. The molecular formula is C20H27N3O3S. The normalized spacial score (nSPS) is 24.4. The van der Waals surface area contributed by atoms with Crippen LogP contribution in [0.25, 0.3) is 0 Å². The van der Waals surface area contributed by atoms with Crippen molar-refractivity contribution in [3.8, 4) is 11.5 Å². The minimum Gasteiger partial charge on any atom is -0.497 e. The maximum atomic E-state index is 12.9. The van der Waals surface area contributed by atoms with E-state index in [1.54, 1.807) is 14.2 Å². The summed E-state index contributed by atoms with van der Waals surface area (Å²) < 4.78 is 10.9. The standard InChI is InChI=1S/C20H27N3O3S/c1-25-14-7-8-15(18(9-14)26-2)16-10-23(20(27)22-13-5-6-13)11-17(16)19(24)21-12-3-4-12/h7-9,12-13,16-17H,3-6,10-11H2,1-2H3,(H,21,24)(H,22,27). The van der Waals surface area contributed by atoms with E-state index in [0.29, 0.717) is 25.2 Å². The highest BCUT2D eigenvalue weighted by molar-refractivity contribution is 7.80. The highest BCUT2D eigenvalue weighted by Gasteiger charge is 2.42. The van der Waals surface area contributed by atoms with Crippen LogP contribution in [0.1, 0.15) is 37.2 Å². The third-order valence-electron chi connectivity index (χ3n) is 5.61. The van der Waals surface area contributed by atoms with Gasteiger partial charge >= 0.3 is 0 Å². The Morgan fingerprint density at radius 2 is 1.78 bits per heavy atom. The number of likely N-dealkylation sites (tertiary alicyclic amines) is 1. The van der Waals surface area contributed by atoms with E-state index in [1.165, 1.54) is 12.8 Å². The van der Waals surface area contributed by atoms with Gasteiger partial charge in [-0.1, -0.05) is 6.07 Å². The predicted octanol–water partition coefficient (Wildman–Crippen LogP) is 2.03. The van der Waals surface area contributed by atoms with Crippen LogP contribution in [-0.2, 0) is 4.79 Å². The minimum atomic E-state index is -0.146. The van der Waals surface area contributed by atoms with Crippen LogP contribution in [0.4, 0.5) is 0 Å². The number of ether oxygens (including phenoxy) is 2. The third kappa shape index (κ3) is 4.13. The fourth-order valence-electron chi connectivity index (χ4n) is 3.70. The molecule has 0 spiro atoms. The van der Waals surface area contributed by atoms with Crippen LogP contribution in [0, 0.1) is 5.92 Å². The van der Waals surface area contributed by atoms with Crippen molar-refractivity contribution in [2.45, 2.75) is 43.7 Å². The fourth-order valence-corrected chi connectivity index (χ4v) is 4.02. The molecule has 3 fully saturated rings. The molecule has 0 radical (unpaired) electrons. The van der Waals surface area contributed by atoms with E-state index in [9.17, 15) is 4.79 Å². The molecule has 2 N–H and O–H groups in total. The Balaban J connectivity index is 1.58. The zero-order valence-electron chi connectivity index (χ0n) is 15.9. The predicted molar refractivity (Wildman–Crippen MR) is 107 cm³/mol. The first-order valence-corrected chi connectivity index (χ1v) is 10.1. The van der Waals surface area contributed by atoms with Crippen LogP contribution in [0.2, 0.25) is 0 Å². The molecule has 1 aliphatic heterocycles. The van der Waals surface area contributed by atoms with E-state index >= 15 is 0 Å². The Bertz CT molecular complexity index is 733. The molecule has 1 heterocycles. The number of amides is 1. The Labute approximate surface area is 165 Å². The number of hydrogen-bond acceptors (Lipinski definition) is 4. The van der Waals surface area contributed by atoms with Crippen LogP contribution in [0.5, 0.6) is 11.5 Å². The molecule has 3 aliphatic rings. The summed E-state index contributed by atoms with van der Waals surface area (Å²) in [4.78, 5) is 15.1. The number of thiocarbonyl (C=S) groups is 1. The molecule has 1 aromatic rings. The number of carbonyl (C=O) groups excluding carboxylic acids is 1. The highest BCUT2D eigenvalue weighted by atomic mass is 32.1. The molecule has 0 aromatic heterocycles. The summed E-state index contributed by atoms with van der Waals surface area (Å²) in [7, 11) is 3.29. The number of benzene rings is 1. The largest absolute Gasteiger partial charge is 0.497 e. The lowest BCUT2D eigenvalue weighted by atomic mass is 9.87. The zero-order valence-corrected chi connectivity index (χ0v) is 16.7. The molecule has 0 bridgehead atoms. The van der Waals surface area contributed by atoms with Crippen molar-refractivity contribution < 1.29 is 14.3 Å². The molecule has 2 unspecified atom stereocenters. The fraction of sp³-hybridized carbons (Fsp3) is 0.600. The second kappa shape index (κ2) is 7.54. The molecule has 7 heteroatoms. The number of rotatable bonds is 6. The van der Waals surface area contributed by atoms with Crippen molar-refractivity contribution in [1.82, 2.24) is 15.5 Å². The van der Waals surface area contributed by atoms with Crippen LogP contribution in [0.3, 0.4) is 0 Å². The maximum absolute atomic E-state index is 12.9. The topological polar surface area (TPSA) is 62.8 Å². The Hall–Kier alpha value is -2.02. The van der Waals surface area contributed by atoms with Gasteiger partial charge in [-0.3, -0.25) is 4.79 Å². The van der Waals surface area contributed by atoms with Gasteiger partial charge in [-0.15, -0.1) is 0 Å². The Morgan fingerprint density at radius 1 is 1.07 bits per heavy atom. The molecule has 6 nitrogen and oxygen atoms in total. The van der Waals surface area contributed by atoms with Gasteiger partial charge in [-0.25, -0.2) is 0 Å². The van der Waals surface area contributed by atoms with Gasteiger partial charge in [-0.05, 0) is 44.0 Å². The summed E-state index contributed by atoms with van der Waals surface area (Å²) in [6, 6.07) is 6.68. The first-order chi connectivity index (χ1) is 13.1. The Morgan fingerprint density at radius 3 is 2.41 bits per heavy atom. The van der Waals surface area contributed by atoms with Crippen molar-refractivity contribution in [2.75, 3.05) is 27.3 Å². The van der Waals surface area contributed by atoms with Crippen LogP contribution in [0.15, 0.2) is 18.2 Å².